The molecule has 0 saturated carbocycles. The van der Waals surface area contributed by atoms with E-state index in [0.717, 1.165) is 50.4 Å². The summed E-state index contributed by atoms with van der Waals surface area (Å²) in [5.74, 6) is 0.532. The Bertz CT molecular complexity index is 753. The lowest BCUT2D eigenvalue weighted by molar-refractivity contribution is -0.119. The van der Waals surface area contributed by atoms with Gasteiger partial charge in [0, 0.05) is 43.4 Å². The second-order valence-corrected chi connectivity index (χ2v) is 9.39. The molecule has 2 atom stereocenters. The van der Waals surface area contributed by atoms with Gasteiger partial charge in [0.25, 0.3) is 5.91 Å². The van der Waals surface area contributed by atoms with Gasteiger partial charge in [0.2, 0.25) is 5.91 Å². The Morgan fingerprint density at radius 3 is 2.93 bits per heavy atom. The average molecular weight is 390 g/mol. The first-order valence-electron chi connectivity index (χ1n) is 10.2. The zero-order chi connectivity index (χ0) is 18.6. The highest BCUT2D eigenvalue weighted by Gasteiger charge is 2.44. The smallest absolute Gasteiger partial charge is 0.264 e. The topological polar surface area (TPSA) is 61.9 Å². The average Bonchev–Trinajstić information content (AvgIpc) is 3.35. The maximum atomic E-state index is 13.1. The molecule has 27 heavy (non-hydrogen) atoms. The van der Waals surface area contributed by atoms with Crippen molar-refractivity contribution >= 4 is 23.2 Å². The fourth-order valence-corrected chi connectivity index (χ4v) is 6.58. The highest BCUT2D eigenvalue weighted by molar-refractivity contribution is 7.14. The predicted molar refractivity (Wildman–Crippen MR) is 103 cm³/mol. The number of rotatable bonds is 2. The van der Waals surface area contributed by atoms with Crippen LogP contribution >= 0.6 is 11.3 Å². The van der Waals surface area contributed by atoms with Crippen molar-refractivity contribution in [1.29, 1.82) is 0 Å². The van der Waals surface area contributed by atoms with Gasteiger partial charge >= 0.3 is 0 Å². The van der Waals surface area contributed by atoms with Gasteiger partial charge in [0.1, 0.15) is 5.60 Å². The highest BCUT2D eigenvalue weighted by Crippen LogP contribution is 2.45. The molecule has 4 aliphatic heterocycles. The molecule has 6 nitrogen and oxygen atoms in total. The van der Waals surface area contributed by atoms with Gasteiger partial charge in [-0.1, -0.05) is 6.92 Å². The summed E-state index contributed by atoms with van der Waals surface area (Å²) >= 11 is 1.65. The van der Waals surface area contributed by atoms with Crippen LogP contribution in [0.4, 0.5) is 0 Å². The third kappa shape index (κ3) is 2.91. The van der Waals surface area contributed by atoms with Crippen molar-refractivity contribution in [2.24, 2.45) is 5.92 Å². The first-order valence-corrected chi connectivity index (χ1v) is 11.0. The lowest BCUT2D eigenvalue weighted by atomic mass is 9.85. The van der Waals surface area contributed by atoms with Crippen LogP contribution in [-0.4, -0.2) is 67.0 Å². The zero-order valence-electron chi connectivity index (χ0n) is 15.8. The van der Waals surface area contributed by atoms with Gasteiger partial charge in [-0.3, -0.25) is 9.59 Å². The van der Waals surface area contributed by atoms with Gasteiger partial charge in [-0.2, -0.15) is 0 Å². The van der Waals surface area contributed by atoms with E-state index >= 15 is 0 Å². The van der Waals surface area contributed by atoms with Crippen molar-refractivity contribution in [2.75, 3.05) is 39.3 Å². The first kappa shape index (κ1) is 17.6. The van der Waals surface area contributed by atoms with Crippen molar-refractivity contribution < 1.29 is 14.3 Å². The minimum Gasteiger partial charge on any atom is -0.369 e. The van der Waals surface area contributed by atoms with Crippen molar-refractivity contribution in [1.82, 2.24) is 15.1 Å². The molecule has 7 heteroatoms. The molecule has 1 N–H and O–H groups in total. The number of thiophene rings is 1. The Balaban J connectivity index is 1.36. The molecule has 146 valence electrons. The van der Waals surface area contributed by atoms with E-state index in [1.165, 1.54) is 10.4 Å². The molecule has 0 aliphatic carbocycles. The maximum Gasteiger partial charge on any atom is 0.264 e. The molecular formula is C20H27N3O3S. The molecule has 4 aliphatic rings. The van der Waals surface area contributed by atoms with Crippen LogP contribution in [-0.2, 0) is 21.6 Å². The first-order chi connectivity index (χ1) is 13.1. The molecule has 5 heterocycles. The molecule has 2 amide bonds. The summed E-state index contributed by atoms with van der Waals surface area (Å²) in [4.78, 5) is 31.2. The van der Waals surface area contributed by atoms with Gasteiger partial charge in [-0.15, -0.1) is 11.3 Å². The molecule has 3 saturated heterocycles. The van der Waals surface area contributed by atoms with Crippen LogP contribution < -0.4 is 5.32 Å². The Morgan fingerprint density at radius 2 is 2.19 bits per heavy atom. The monoisotopic (exact) mass is 389 g/mol. The summed E-state index contributed by atoms with van der Waals surface area (Å²) in [5, 5.41) is 3.00. The number of likely N-dealkylation sites (tertiary alicyclic amines) is 2. The molecule has 0 bridgehead atoms. The van der Waals surface area contributed by atoms with Gasteiger partial charge < -0.3 is 19.9 Å². The molecule has 5 rings (SSSR count). The summed E-state index contributed by atoms with van der Waals surface area (Å²) in [7, 11) is 0. The molecule has 1 aromatic heterocycles. The van der Waals surface area contributed by atoms with E-state index in [-0.39, 0.29) is 29.4 Å². The van der Waals surface area contributed by atoms with Crippen molar-refractivity contribution in [3.63, 3.8) is 0 Å². The van der Waals surface area contributed by atoms with Crippen LogP contribution in [0.5, 0.6) is 0 Å². The molecule has 1 aromatic rings. The van der Waals surface area contributed by atoms with Crippen LogP contribution in [0.15, 0.2) is 6.07 Å². The maximum absolute atomic E-state index is 13.1. The molecule has 1 spiro atoms. The number of nitrogens with zero attached hydrogens (tertiary/aromatic N) is 2. The molecule has 0 aromatic carbocycles. The van der Waals surface area contributed by atoms with E-state index in [1.807, 2.05) is 4.90 Å². The van der Waals surface area contributed by atoms with Crippen LogP contribution in [0.3, 0.4) is 0 Å². The fourth-order valence-electron chi connectivity index (χ4n) is 5.20. The van der Waals surface area contributed by atoms with Gasteiger partial charge in [-0.25, -0.2) is 0 Å². The second kappa shape index (κ2) is 6.57. The van der Waals surface area contributed by atoms with E-state index in [9.17, 15) is 9.59 Å². The Hall–Kier alpha value is -1.44. The van der Waals surface area contributed by atoms with Crippen molar-refractivity contribution in [3.05, 3.63) is 21.4 Å². The van der Waals surface area contributed by atoms with Gasteiger partial charge in [0.15, 0.2) is 0 Å². The minimum absolute atomic E-state index is 0.124. The van der Waals surface area contributed by atoms with Gasteiger partial charge in [-0.05, 0) is 37.4 Å². The molecule has 0 radical (unpaired) electrons. The molecule has 0 unspecified atom stereocenters. The highest BCUT2D eigenvalue weighted by atomic mass is 32.1. The largest absolute Gasteiger partial charge is 0.369 e. The summed E-state index contributed by atoms with van der Waals surface area (Å²) in [6, 6.07) is 2.26. The standard InChI is InChI=1S/C20H27N3O3S/c1-2-22-6-4-20(5-7-22)18-13(3-8-26-20)9-16(27-18)19(25)23-11-14-10-17(24)21-15(14)12-23/h9,14-15H,2-8,10-12H2,1H3,(H,21,24)/t14-,15+/m0/s1. The zero-order valence-corrected chi connectivity index (χ0v) is 16.6. The van der Waals surface area contributed by atoms with Crippen molar-refractivity contribution in [3.8, 4) is 0 Å². The minimum atomic E-state index is -0.183. The quantitative estimate of drug-likeness (QED) is 0.835. The summed E-state index contributed by atoms with van der Waals surface area (Å²) in [5.41, 5.74) is 1.13. The lowest BCUT2D eigenvalue weighted by Gasteiger charge is -2.43. The van der Waals surface area contributed by atoms with Crippen LogP contribution in [0.25, 0.3) is 0 Å². The molecule has 3 fully saturated rings. The SMILES string of the molecule is CCN1CCC2(CC1)OCCc1cc(C(=O)N3C[C@@H]4CC(=O)N[C@@H]4C3)sc12. The summed E-state index contributed by atoms with van der Waals surface area (Å²) in [6.45, 7) is 7.51. The van der Waals surface area contributed by atoms with Crippen LogP contribution in [0, 0.1) is 5.92 Å². The Morgan fingerprint density at radius 1 is 1.37 bits per heavy atom. The van der Waals surface area contributed by atoms with E-state index in [2.05, 4.69) is 23.2 Å². The molecular weight excluding hydrogens is 362 g/mol. The fraction of sp³-hybridized carbons (Fsp3) is 0.700. The lowest BCUT2D eigenvalue weighted by Crippen LogP contribution is -2.45. The van der Waals surface area contributed by atoms with E-state index in [0.29, 0.717) is 19.5 Å². The third-order valence-electron chi connectivity index (χ3n) is 6.82. The number of amides is 2. The van der Waals surface area contributed by atoms with Crippen LogP contribution in [0.2, 0.25) is 0 Å². The number of fused-ring (bicyclic) bond motifs is 3. The third-order valence-corrected chi connectivity index (χ3v) is 8.17. The van der Waals surface area contributed by atoms with E-state index < -0.39 is 0 Å². The number of carbonyl (C=O) groups excluding carboxylic acids is 2. The van der Waals surface area contributed by atoms with E-state index in [1.54, 1.807) is 11.3 Å². The van der Waals surface area contributed by atoms with Crippen molar-refractivity contribution in [2.45, 2.75) is 44.2 Å². The summed E-state index contributed by atoms with van der Waals surface area (Å²) in [6.07, 6.45) is 3.49. The number of carbonyl (C=O) groups is 2. The number of ether oxygens (including phenoxy) is 1. The summed E-state index contributed by atoms with van der Waals surface area (Å²) < 4.78 is 6.33. The Kier molecular flexibility index (Phi) is 4.29. The van der Waals surface area contributed by atoms with Crippen LogP contribution in [0.1, 0.15) is 46.3 Å². The number of hydrogen-bond donors (Lipinski definition) is 1. The second-order valence-electron chi connectivity index (χ2n) is 8.34. The van der Waals surface area contributed by atoms with E-state index in [4.69, 9.17) is 4.74 Å². The number of piperidine rings is 1. The normalized spacial score (nSPS) is 29.7. The number of nitrogens with one attached hydrogen (secondary N) is 1. The number of hydrogen-bond acceptors (Lipinski definition) is 5. The predicted octanol–water partition coefficient (Wildman–Crippen LogP) is 1.59. The van der Waals surface area contributed by atoms with Gasteiger partial charge in [0.05, 0.1) is 17.5 Å². The Labute approximate surface area is 163 Å².